The summed E-state index contributed by atoms with van der Waals surface area (Å²) in [4.78, 5) is 14.3. The number of hydrogen-bond donors (Lipinski definition) is 2. The minimum absolute atomic E-state index is 0.0285. The number of carbonyl (C=O) groups excluding carboxylic acids is 1. The Hall–Kier alpha value is -1.40. The van der Waals surface area contributed by atoms with E-state index < -0.39 is 0 Å². The predicted molar refractivity (Wildman–Crippen MR) is 80.2 cm³/mol. The van der Waals surface area contributed by atoms with Gasteiger partial charge in [-0.2, -0.15) is 0 Å². The van der Waals surface area contributed by atoms with E-state index in [4.69, 9.17) is 4.52 Å². The molecule has 0 radical (unpaired) electrons. The van der Waals surface area contributed by atoms with E-state index in [0.717, 1.165) is 25.2 Å². The Kier molecular flexibility index (Phi) is 4.26. The van der Waals surface area contributed by atoms with Crippen LogP contribution < -0.4 is 10.6 Å². The molecule has 1 aromatic rings. The largest absolute Gasteiger partial charge is 0.338 e. The third-order valence-electron chi connectivity index (χ3n) is 4.36. The maximum atomic E-state index is 12.1. The lowest BCUT2D eigenvalue weighted by molar-refractivity contribution is -0.117. The lowest BCUT2D eigenvalue weighted by Gasteiger charge is -2.22. The molecular weight excluding hydrogens is 268 g/mol. The lowest BCUT2D eigenvalue weighted by Crippen LogP contribution is -2.39. The van der Waals surface area contributed by atoms with Gasteiger partial charge >= 0.3 is 0 Å². The van der Waals surface area contributed by atoms with Crippen LogP contribution in [0.3, 0.4) is 0 Å². The van der Waals surface area contributed by atoms with Crippen LogP contribution in [0.2, 0.25) is 0 Å². The van der Waals surface area contributed by atoms with E-state index in [1.807, 2.05) is 13.8 Å². The second-order valence-corrected chi connectivity index (χ2v) is 6.48. The summed E-state index contributed by atoms with van der Waals surface area (Å²) >= 11 is 0. The van der Waals surface area contributed by atoms with Crippen LogP contribution in [0.4, 0.5) is 5.88 Å². The third-order valence-corrected chi connectivity index (χ3v) is 4.36. The normalized spacial score (nSPS) is 26.0. The molecule has 0 aromatic carbocycles. The van der Waals surface area contributed by atoms with Crippen molar-refractivity contribution in [3.63, 3.8) is 0 Å². The number of rotatable bonds is 4. The van der Waals surface area contributed by atoms with Crippen molar-refractivity contribution in [2.75, 3.05) is 25.0 Å². The van der Waals surface area contributed by atoms with Crippen molar-refractivity contribution in [2.24, 2.45) is 0 Å². The number of fused-ring (bicyclic) bond motifs is 2. The molecule has 2 aliphatic heterocycles. The number of amides is 1. The van der Waals surface area contributed by atoms with Crippen molar-refractivity contribution in [1.82, 2.24) is 15.4 Å². The van der Waals surface area contributed by atoms with Gasteiger partial charge in [0.25, 0.3) is 0 Å². The lowest BCUT2D eigenvalue weighted by atomic mass is 10.1. The van der Waals surface area contributed by atoms with Crippen LogP contribution in [0.5, 0.6) is 0 Å². The minimum Gasteiger partial charge on any atom is -0.338 e. The van der Waals surface area contributed by atoms with Crippen LogP contribution in [-0.4, -0.2) is 47.7 Å². The van der Waals surface area contributed by atoms with Crippen LogP contribution in [0.15, 0.2) is 10.6 Å². The molecule has 0 aliphatic carbocycles. The summed E-state index contributed by atoms with van der Waals surface area (Å²) in [6.45, 7) is 6.45. The standard InChI is InChI=1S/C15H24N4O2/c1-10(2)13-7-15(21-18-13)17-14(20)9-19-6-5-11-3-4-12(8-19)16-11/h7,10-12,16H,3-6,8-9H2,1-2H3,(H,17,20). The molecule has 2 aliphatic rings. The topological polar surface area (TPSA) is 70.4 Å². The van der Waals surface area contributed by atoms with Gasteiger partial charge in [0.05, 0.1) is 12.2 Å². The van der Waals surface area contributed by atoms with E-state index >= 15 is 0 Å². The number of hydrogen-bond acceptors (Lipinski definition) is 5. The number of likely N-dealkylation sites (tertiary alicyclic amines) is 1. The van der Waals surface area contributed by atoms with E-state index in [-0.39, 0.29) is 5.91 Å². The fourth-order valence-corrected chi connectivity index (χ4v) is 3.16. The number of aromatic nitrogens is 1. The fraction of sp³-hybridized carbons (Fsp3) is 0.733. The summed E-state index contributed by atoms with van der Waals surface area (Å²) in [6.07, 6.45) is 3.63. The molecule has 0 spiro atoms. The second-order valence-electron chi connectivity index (χ2n) is 6.48. The molecule has 21 heavy (non-hydrogen) atoms. The molecule has 1 amide bonds. The average molecular weight is 292 g/mol. The van der Waals surface area contributed by atoms with Crippen molar-refractivity contribution in [1.29, 1.82) is 0 Å². The van der Waals surface area contributed by atoms with Crippen LogP contribution in [0, 0.1) is 0 Å². The summed E-state index contributed by atoms with van der Waals surface area (Å²) in [5.74, 6) is 0.712. The van der Waals surface area contributed by atoms with Gasteiger partial charge < -0.3 is 9.84 Å². The molecule has 3 heterocycles. The molecule has 0 saturated carbocycles. The molecule has 1 aromatic heterocycles. The quantitative estimate of drug-likeness (QED) is 0.881. The van der Waals surface area contributed by atoms with Crippen molar-refractivity contribution < 1.29 is 9.32 Å². The first-order chi connectivity index (χ1) is 10.1. The van der Waals surface area contributed by atoms with Crippen molar-refractivity contribution >= 4 is 11.8 Å². The Balaban J connectivity index is 1.51. The molecule has 3 rings (SSSR count). The van der Waals surface area contributed by atoms with Crippen molar-refractivity contribution in [2.45, 2.75) is 51.1 Å². The molecule has 2 saturated heterocycles. The highest BCUT2D eigenvalue weighted by atomic mass is 16.5. The van der Waals surface area contributed by atoms with Crippen LogP contribution in [-0.2, 0) is 4.79 Å². The van der Waals surface area contributed by atoms with Crippen molar-refractivity contribution in [3.8, 4) is 0 Å². The Morgan fingerprint density at radius 2 is 2.29 bits per heavy atom. The van der Waals surface area contributed by atoms with Crippen LogP contribution in [0.25, 0.3) is 0 Å². The summed E-state index contributed by atoms with van der Waals surface area (Å²) in [5, 5.41) is 10.4. The maximum absolute atomic E-state index is 12.1. The van der Waals surface area contributed by atoms with Crippen LogP contribution >= 0.6 is 0 Å². The predicted octanol–water partition coefficient (Wildman–Crippen LogP) is 1.56. The highest BCUT2D eigenvalue weighted by molar-refractivity contribution is 5.90. The number of nitrogens with one attached hydrogen (secondary N) is 2. The van der Waals surface area contributed by atoms with Gasteiger partial charge in [-0.15, -0.1) is 0 Å². The zero-order chi connectivity index (χ0) is 14.8. The highest BCUT2D eigenvalue weighted by Crippen LogP contribution is 2.20. The Bertz CT molecular complexity index is 500. The van der Waals surface area contributed by atoms with Gasteiger partial charge in [0.2, 0.25) is 11.8 Å². The molecule has 2 atom stereocenters. The number of nitrogens with zero attached hydrogens (tertiary/aromatic N) is 2. The molecule has 2 bridgehead atoms. The van der Waals surface area contributed by atoms with E-state index in [0.29, 0.717) is 30.4 Å². The Morgan fingerprint density at radius 1 is 1.48 bits per heavy atom. The van der Waals surface area contributed by atoms with Gasteiger partial charge in [-0.25, -0.2) is 0 Å². The molecule has 2 unspecified atom stereocenters. The van der Waals surface area contributed by atoms with Gasteiger partial charge in [0.1, 0.15) is 0 Å². The summed E-state index contributed by atoms with van der Waals surface area (Å²) in [7, 11) is 0. The monoisotopic (exact) mass is 292 g/mol. The molecule has 2 fully saturated rings. The summed E-state index contributed by atoms with van der Waals surface area (Å²) in [6, 6.07) is 2.99. The molecular formula is C15H24N4O2. The summed E-state index contributed by atoms with van der Waals surface area (Å²) in [5.41, 5.74) is 0.863. The van der Waals surface area contributed by atoms with Gasteiger partial charge in [0, 0.05) is 31.2 Å². The van der Waals surface area contributed by atoms with E-state index in [1.54, 1.807) is 6.07 Å². The smallest absolute Gasteiger partial charge is 0.240 e. The average Bonchev–Trinajstić information content (AvgIpc) is 2.99. The Labute approximate surface area is 125 Å². The Morgan fingerprint density at radius 3 is 3.05 bits per heavy atom. The fourth-order valence-electron chi connectivity index (χ4n) is 3.16. The van der Waals surface area contributed by atoms with Gasteiger partial charge in [-0.1, -0.05) is 19.0 Å². The third kappa shape index (κ3) is 3.63. The van der Waals surface area contributed by atoms with E-state index in [1.165, 1.54) is 12.8 Å². The van der Waals surface area contributed by atoms with Gasteiger partial charge in [-0.3, -0.25) is 15.0 Å². The van der Waals surface area contributed by atoms with E-state index in [9.17, 15) is 4.79 Å². The zero-order valence-corrected chi connectivity index (χ0v) is 12.8. The van der Waals surface area contributed by atoms with Gasteiger partial charge in [0.15, 0.2) is 0 Å². The van der Waals surface area contributed by atoms with Gasteiger partial charge in [-0.05, 0) is 25.2 Å². The maximum Gasteiger partial charge on any atom is 0.240 e. The summed E-state index contributed by atoms with van der Waals surface area (Å²) < 4.78 is 5.15. The molecule has 6 nitrogen and oxygen atoms in total. The number of carbonyl (C=O) groups is 1. The number of anilines is 1. The minimum atomic E-state index is -0.0285. The van der Waals surface area contributed by atoms with Crippen LogP contribution in [0.1, 0.15) is 44.7 Å². The molecule has 116 valence electrons. The first-order valence-electron chi connectivity index (χ1n) is 7.85. The van der Waals surface area contributed by atoms with Crippen molar-refractivity contribution in [3.05, 3.63) is 11.8 Å². The van der Waals surface area contributed by atoms with E-state index in [2.05, 4.69) is 20.7 Å². The molecule has 2 N–H and O–H groups in total. The first-order valence-corrected chi connectivity index (χ1v) is 7.85. The zero-order valence-electron chi connectivity index (χ0n) is 12.8. The second kappa shape index (κ2) is 6.15. The molecule has 6 heteroatoms. The highest BCUT2D eigenvalue weighted by Gasteiger charge is 2.29. The first kappa shape index (κ1) is 14.5. The SMILES string of the molecule is CC(C)c1cc(NC(=O)CN2CCC3CCC(C2)N3)on1.